The predicted octanol–water partition coefficient (Wildman–Crippen LogP) is 5.57. The molecule has 0 unspecified atom stereocenters. The molecule has 0 aliphatic carbocycles. The first kappa shape index (κ1) is 25.2. The van der Waals surface area contributed by atoms with E-state index in [0.29, 0.717) is 27.6 Å². The van der Waals surface area contributed by atoms with Crippen molar-refractivity contribution in [3.8, 4) is 17.5 Å². The summed E-state index contributed by atoms with van der Waals surface area (Å²) in [5.41, 5.74) is 1.17. The van der Waals surface area contributed by atoms with Gasteiger partial charge in [0.25, 0.3) is 5.56 Å². The molecule has 0 fully saturated rings. The minimum absolute atomic E-state index is 0.169. The Hall–Kier alpha value is -3.86. The Bertz CT molecular complexity index is 1410. The summed E-state index contributed by atoms with van der Waals surface area (Å²) in [6.07, 6.45) is 0.218. The van der Waals surface area contributed by atoms with Gasteiger partial charge in [-0.15, -0.1) is 0 Å². The Morgan fingerprint density at radius 3 is 2.44 bits per heavy atom. The van der Waals surface area contributed by atoms with Crippen LogP contribution in [0.5, 0.6) is 17.5 Å². The summed E-state index contributed by atoms with van der Waals surface area (Å²) >= 11 is 1.12. The SMILES string of the molecule is COc1ncc(Cc2cnc(SCc3ccc(Oc4cccc(C)c4)c(C(F)(F)F)c3)[nH]c2=O)cn1. The first-order valence-electron chi connectivity index (χ1n) is 10.7. The van der Waals surface area contributed by atoms with Gasteiger partial charge in [0.1, 0.15) is 11.5 Å². The largest absolute Gasteiger partial charge is 0.467 e. The van der Waals surface area contributed by atoms with Crippen LogP contribution in [0.1, 0.15) is 27.8 Å². The van der Waals surface area contributed by atoms with Gasteiger partial charge in [-0.1, -0.05) is 30.0 Å². The molecule has 0 aliphatic heterocycles. The molecular weight excluding hydrogens is 493 g/mol. The van der Waals surface area contributed by atoms with Crippen molar-refractivity contribution in [3.05, 3.63) is 99.2 Å². The highest BCUT2D eigenvalue weighted by Gasteiger charge is 2.35. The fourth-order valence-electron chi connectivity index (χ4n) is 3.30. The molecule has 4 aromatic rings. The highest BCUT2D eigenvalue weighted by atomic mass is 32.2. The van der Waals surface area contributed by atoms with Gasteiger partial charge in [-0.25, -0.2) is 15.0 Å². The number of methoxy groups -OCH3 is 1. The fourth-order valence-corrected chi connectivity index (χ4v) is 4.07. The zero-order valence-electron chi connectivity index (χ0n) is 19.3. The summed E-state index contributed by atoms with van der Waals surface area (Å²) in [6, 6.07) is 10.9. The van der Waals surface area contributed by atoms with Gasteiger partial charge < -0.3 is 14.5 Å². The smallest absolute Gasteiger partial charge is 0.419 e. The summed E-state index contributed by atoms with van der Waals surface area (Å²) in [6.45, 7) is 1.83. The zero-order valence-corrected chi connectivity index (χ0v) is 20.1. The van der Waals surface area contributed by atoms with Gasteiger partial charge in [0.05, 0.1) is 12.7 Å². The topological polar surface area (TPSA) is 90.0 Å². The number of thioether (sulfide) groups is 1. The third-order valence-corrected chi connectivity index (χ3v) is 6.01. The molecule has 0 aliphatic rings. The normalized spacial score (nSPS) is 11.4. The van der Waals surface area contributed by atoms with Crippen LogP contribution in [-0.2, 0) is 18.3 Å². The lowest BCUT2D eigenvalue weighted by atomic mass is 10.1. The van der Waals surface area contributed by atoms with E-state index in [9.17, 15) is 18.0 Å². The molecule has 2 aromatic heterocycles. The number of aryl methyl sites for hydroxylation is 1. The van der Waals surface area contributed by atoms with Crippen molar-refractivity contribution < 1.29 is 22.6 Å². The zero-order chi connectivity index (χ0) is 25.7. The van der Waals surface area contributed by atoms with Crippen LogP contribution in [0.2, 0.25) is 0 Å². The van der Waals surface area contributed by atoms with Crippen LogP contribution in [0.4, 0.5) is 13.2 Å². The molecule has 0 bridgehead atoms. The lowest BCUT2D eigenvalue weighted by Gasteiger charge is -2.15. The van der Waals surface area contributed by atoms with Crippen LogP contribution in [0, 0.1) is 6.92 Å². The van der Waals surface area contributed by atoms with Crippen molar-refractivity contribution in [1.29, 1.82) is 0 Å². The number of ether oxygens (including phenoxy) is 2. The molecule has 0 saturated carbocycles. The molecule has 36 heavy (non-hydrogen) atoms. The van der Waals surface area contributed by atoms with Crippen LogP contribution in [-0.4, -0.2) is 27.0 Å². The lowest BCUT2D eigenvalue weighted by molar-refractivity contribution is -0.138. The molecule has 0 saturated heterocycles. The van der Waals surface area contributed by atoms with Gasteiger partial charge in [-0.05, 0) is 47.9 Å². The summed E-state index contributed by atoms with van der Waals surface area (Å²) in [5, 5.41) is 0.295. The molecule has 0 atom stereocenters. The number of aromatic nitrogens is 4. The maximum absolute atomic E-state index is 13.7. The Kier molecular flexibility index (Phi) is 7.58. The summed E-state index contributed by atoms with van der Waals surface area (Å²) < 4.78 is 51.6. The second-order valence-corrected chi connectivity index (χ2v) is 8.80. The molecule has 0 amide bonds. The predicted molar refractivity (Wildman–Crippen MR) is 129 cm³/mol. The molecule has 4 rings (SSSR count). The summed E-state index contributed by atoms with van der Waals surface area (Å²) in [7, 11) is 1.46. The number of rotatable bonds is 8. The third kappa shape index (κ3) is 6.42. The van der Waals surface area contributed by atoms with E-state index in [1.807, 2.05) is 13.0 Å². The van der Waals surface area contributed by atoms with Crippen LogP contribution in [0.3, 0.4) is 0 Å². The number of halogens is 3. The van der Waals surface area contributed by atoms with E-state index in [2.05, 4.69) is 19.9 Å². The van der Waals surface area contributed by atoms with Gasteiger partial charge >= 0.3 is 12.2 Å². The van der Waals surface area contributed by atoms with Crippen LogP contribution < -0.4 is 15.0 Å². The number of nitrogens with zero attached hydrogens (tertiary/aromatic N) is 3. The van der Waals surface area contributed by atoms with E-state index in [0.717, 1.165) is 23.4 Å². The second-order valence-electron chi connectivity index (χ2n) is 7.83. The van der Waals surface area contributed by atoms with E-state index < -0.39 is 11.7 Å². The maximum Gasteiger partial charge on any atom is 0.419 e. The number of aromatic amines is 1. The maximum atomic E-state index is 13.7. The lowest BCUT2D eigenvalue weighted by Crippen LogP contribution is -2.15. The Morgan fingerprint density at radius 2 is 1.78 bits per heavy atom. The minimum Gasteiger partial charge on any atom is -0.467 e. The van der Waals surface area contributed by atoms with Crippen molar-refractivity contribution in [1.82, 2.24) is 19.9 Å². The number of alkyl halides is 3. The van der Waals surface area contributed by atoms with E-state index in [-0.39, 0.29) is 29.5 Å². The Morgan fingerprint density at radius 1 is 1.00 bits per heavy atom. The van der Waals surface area contributed by atoms with Crippen molar-refractivity contribution in [2.45, 2.75) is 30.4 Å². The number of hydrogen-bond donors (Lipinski definition) is 1. The number of H-pyrrole nitrogens is 1. The highest BCUT2D eigenvalue weighted by molar-refractivity contribution is 7.98. The van der Waals surface area contributed by atoms with Crippen molar-refractivity contribution in [3.63, 3.8) is 0 Å². The van der Waals surface area contributed by atoms with Crippen LogP contribution in [0.15, 0.2) is 71.0 Å². The quantitative estimate of drug-likeness (QED) is 0.243. The summed E-state index contributed by atoms with van der Waals surface area (Å²) in [5.74, 6) is 0.216. The molecule has 1 N–H and O–H groups in total. The molecule has 0 radical (unpaired) electrons. The van der Waals surface area contributed by atoms with Gasteiger partial charge in [0.2, 0.25) is 0 Å². The number of nitrogens with one attached hydrogen (secondary N) is 1. The third-order valence-electron chi connectivity index (χ3n) is 5.05. The van der Waals surface area contributed by atoms with Crippen molar-refractivity contribution >= 4 is 11.8 Å². The molecule has 0 spiro atoms. The fraction of sp³-hybridized carbons (Fsp3) is 0.200. The van der Waals surface area contributed by atoms with Gasteiger partial charge in [-0.3, -0.25) is 4.79 Å². The van der Waals surface area contributed by atoms with E-state index in [1.165, 1.54) is 19.4 Å². The first-order valence-corrected chi connectivity index (χ1v) is 11.7. The molecular formula is C25H21F3N4O3S. The van der Waals surface area contributed by atoms with Gasteiger partial charge in [-0.2, -0.15) is 13.2 Å². The van der Waals surface area contributed by atoms with Crippen LogP contribution in [0.25, 0.3) is 0 Å². The summed E-state index contributed by atoms with van der Waals surface area (Å²) in [4.78, 5) is 27.4. The standard InChI is InChI=1S/C25H21F3N4O3S/c1-15-4-3-5-19(8-15)35-21-7-6-16(10-20(21)25(26,27)28)14-36-24-31-13-18(22(33)32-24)9-17-11-29-23(34-2)30-12-17/h3-8,10-13H,9,14H2,1-2H3,(H,31,32,33). The highest BCUT2D eigenvalue weighted by Crippen LogP contribution is 2.39. The van der Waals surface area contributed by atoms with E-state index in [1.54, 1.807) is 36.7 Å². The Balaban J connectivity index is 1.46. The Labute approximate surface area is 208 Å². The number of hydrogen-bond acceptors (Lipinski definition) is 7. The minimum atomic E-state index is -4.60. The molecule has 2 aromatic carbocycles. The average Bonchev–Trinajstić information content (AvgIpc) is 2.85. The van der Waals surface area contributed by atoms with Crippen molar-refractivity contribution in [2.24, 2.45) is 0 Å². The van der Waals surface area contributed by atoms with Crippen LogP contribution >= 0.6 is 11.8 Å². The van der Waals surface area contributed by atoms with Gasteiger partial charge in [0.15, 0.2) is 5.16 Å². The number of benzene rings is 2. The second kappa shape index (κ2) is 10.8. The van der Waals surface area contributed by atoms with E-state index >= 15 is 0 Å². The van der Waals surface area contributed by atoms with Crippen molar-refractivity contribution in [2.75, 3.05) is 7.11 Å². The molecule has 2 heterocycles. The first-order chi connectivity index (χ1) is 17.2. The van der Waals surface area contributed by atoms with Gasteiger partial charge in [0, 0.05) is 36.3 Å². The van der Waals surface area contributed by atoms with E-state index in [4.69, 9.17) is 9.47 Å². The molecule has 11 heteroatoms. The molecule has 186 valence electrons. The molecule has 7 nitrogen and oxygen atoms in total. The monoisotopic (exact) mass is 514 g/mol. The average molecular weight is 515 g/mol.